The largest absolute Gasteiger partial charge is 0.390 e. The summed E-state index contributed by atoms with van der Waals surface area (Å²) in [5.41, 5.74) is 5.25. The molecule has 0 spiro atoms. The van der Waals surface area contributed by atoms with E-state index >= 15 is 0 Å². The van der Waals surface area contributed by atoms with E-state index in [1.54, 1.807) is 7.11 Å². The lowest BCUT2D eigenvalue weighted by Crippen LogP contribution is -2.34. The molecule has 0 saturated carbocycles. The van der Waals surface area contributed by atoms with Crippen LogP contribution in [0.3, 0.4) is 0 Å². The summed E-state index contributed by atoms with van der Waals surface area (Å²) in [4.78, 5) is 4.02. The van der Waals surface area contributed by atoms with E-state index in [1.165, 1.54) is 6.34 Å². The first-order valence-corrected chi connectivity index (χ1v) is 6.59. The highest BCUT2D eigenvalue weighted by Gasteiger charge is 2.34. The minimum Gasteiger partial charge on any atom is -0.390 e. The number of nitrogens with zero attached hydrogens (tertiary/aromatic N) is 2. The third-order valence-corrected chi connectivity index (χ3v) is 3.29. The first-order chi connectivity index (χ1) is 8.81. The van der Waals surface area contributed by atoms with Crippen LogP contribution in [0.4, 0.5) is 0 Å². The predicted molar refractivity (Wildman–Crippen MR) is 69.3 cm³/mol. The second kappa shape index (κ2) is 9.20. The molecule has 0 radical (unpaired) electrons. The second-order valence-electron chi connectivity index (χ2n) is 3.73. The summed E-state index contributed by atoms with van der Waals surface area (Å²) in [6, 6.07) is 2.15. The Bertz CT molecular complexity index is 297. The van der Waals surface area contributed by atoms with E-state index in [-0.39, 0.29) is 27.3 Å². The lowest BCUT2D eigenvalue weighted by atomic mass is 10.1. The van der Waals surface area contributed by atoms with Crippen molar-refractivity contribution in [1.29, 1.82) is 5.26 Å². The van der Waals surface area contributed by atoms with Gasteiger partial charge in [-0.15, -0.1) is 0 Å². The molecule has 0 aromatic heterocycles. The van der Waals surface area contributed by atoms with Crippen molar-refractivity contribution in [2.24, 2.45) is 10.7 Å². The number of aliphatic imine (C=N–C) groups is 1. The van der Waals surface area contributed by atoms with Crippen LogP contribution in [0.1, 0.15) is 12.8 Å². The molecule has 0 amide bonds. The Hall–Kier alpha value is -0.770. The zero-order valence-corrected chi connectivity index (χ0v) is 11.3. The van der Waals surface area contributed by atoms with Gasteiger partial charge >= 0.3 is 0 Å². The highest BCUT2D eigenvalue weighted by atomic mass is 31.1. The summed E-state index contributed by atoms with van der Waals surface area (Å²) < 4.78 is 16.1. The number of nitriles is 1. The molecule has 1 heterocycles. The molecule has 1 fully saturated rings. The molecular formula is C10H19N4O3P. The average molecular weight is 274 g/mol. The van der Waals surface area contributed by atoms with Crippen molar-refractivity contribution < 1.29 is 14.0 Å². The molecule has 1 aliphatic rings. The Kier molecular flexibility index (Phi) is 7.81. The summed E-state index contributed by atoms with van der Waals surface area (Å²) in [6.45, 7) is 0.936. The van der Waals surface area contributed by atoms with E-state index in [9.17, 15) is 0 Å². The first kappa shape index (κ1) is 15.3. The molecular weight excluding hydrogens is 255 g/mol. The van der Waals surface area contributed by atoms with Crippen molar-refractivity contribution in [2.45, 2.75) is 31.2 Å². The van der Waals surface area contributed by atoms with Crippen molar-refractivity contribution in [3.05, 3.63) is 0 Å². The number of nitrogens with two attached hydrogens (primary N) is 1. The van der Waals surface area contributed by atoms with Gasteiger partial charge in [0.15, 0.2) is 6.23 Å². The SMILES string of the molecule is COC[C@H]1O[C@@H](N=CN)C[C@@H]1NPOCCC#N. The molecule has 1 saturated heterocycles. The van der Waals surface area contributed by atoms with Gasteiger partial charge in [0.1, 0.15) is 0 Å². The highest BCUT2D eigenvalue weighted by Crippen LogP contribution is 2.24. The molecule has 3 N–H and O–H groups in total. The van der Waals surface area contributed by atoms with Crippen LogP contribution in [0.25, 0.3) is 0 Å². The van der Waals surface area contributed by atoms with Crippen LogP contribution < -0.4 is 10.8 Å². The van der Waals surface area contributed by atoms with Crippen molar-refractivity contribution in [3.8, 4) is 6.07 Å². The Morgan fingerprint density at radius 1 is 1.72 bits per heavy atom. The number of rotatable bonds is 8. The Morgan fingerprint density at radius 3 is 3.22 bits per heavy atom. The number of hydrogen-bond acceptors (Lipinski definition) is 6. The van der Waals surface area contributed by atoms with Crippen LogP contribution in [0.15, 0.2) is 4.99 Å². The van der Waals surface area contributed by atoms with Gasteiger partial charge in [0.05, 0.1) is 47.1 Å². The van der Waals surface area contributed by atoms with Crippen LogP contribution >= 0.6 is 8.96 Å². The fraction of sp³-hybridized carbons (Fsp3) is 0.800. The minimum atomic E-state index is -0.225. The minimum absolute atomic E-state index is 0.0595. The maximum atomic E-state index is 8.37. The van der Waals surface area contributed by atoms with E-state index in [0.717, 1.165) is 6.42 Å². The third-order valence-electron chi connectivity index (χ3n) is 2.45. The molecule has 7 nitrogen and oxygen atoms in total. The molecule has 1 rings (SSSR count). The monoisotopic (exact) mass is 274 g/mol. The molecule has 1 unspecified atom stereocenters. The Morgan fingerprint density at radius 2 is 2.56 bits per heavy atom. The molecule has 1 aliphatic heterocycles. The smallest absolute Gasteiger partial charge is 0.152 e. The molecule has 102 valence electrons. The maximum Gasteiger partial charge on any atom is 0.152 e. The summed E-state index contributed by atoms with van der Waals surface area (Å²) in [5, 5.41) is 11.6. The van der Waals surface area contributed by atoms with E-state index < -0.39 is 0 Å². The van der Waals surface area contributed by atoms with Gasteiger partial charge in [0.2, 0.25) is 0 Å². The second-order valence-corrected chi connectivity index (χ2v) is 4.51. The molecule has 0 aliphatic carbocycles. The van der Waals surface area contributed by atoms with Crippen LogP contribution in [-0.4, -0.2) is 45.0 Å². The van der Waals surface area contributed by atoms with Crippen molar-refractivity contribution >= 4 is 15.3 Å². The van der Waals surface area contributed by atoms with Gasteiger partial charge < -0.3 is 19.7 Å². The van der Waals surface area contributed by atoms with Crippen molar-refractivity contribution in [1.82, 2.24) is 5.09 Å². The van der Waals surface area contributed by atoms with Crippen molar-refractivity contribution in [3.63, 3.8) is 0 Å². The molecule has 18 heavy (non-hydrogen) atoms. The van der Waals surface area contributed by atoms with E-state index in [1.807, 2.05) is 6.07 Å². The van der Waals surface area contributed by atoms with Gasteiger partial charge in [-0.3, -0.25) is 5.09 Å². The summed E-state index contributed by atoms with van der Waals surface area (Å²) in [5.74, 6) is 0. The lowest BCUT2D eigenvalue weighted by molar-refractivity contribution is -0.00293. The quantitative estimate of drug-likeness (QED) is 0.282. The number of hydrogen-bond donors (Lipinski definition) is 2. The third kappa shape index (κ3) is 5.25. The first-order valence-electron chi connectivity index (χ1n) is 5.68. The average Bonchev–Trinajstić information content (AvgIpc) is 2.72. The highest BCUT2D eigenvalue weighted by molar-refractivity contribution is 7.29. The zero-order valence-electron chi connectivity index (χ0n) is 10.3. The summed E-state index contributed by atoms with van der Waals surface area (Å²) in [6.07, 6.45) is 2.10. The van der Waals surface area contributed by atoms with Gasteiger partial charge in [-0.1, -0.05) is 0 Å². The normalized spacial score (nSPS) is 28.3. The fourth-order valence-corrected chi connectivity index (χ4v) is 2.39. The molecule has 0 aromatic carbocycles. The zero-order chi connectivity index (χ0) is 13.2. The fourth-order valence-electron chi connectivity index (χ4n) is 1.65. The van der Waals surface area contributed by atoms with Gasteiger partial charge in [0, 0.05) is 19.6 Å². The molecule has 8 heteroatoms. The van der Waals surface area contributed by atoms with Gasteiger partial charge in [-0.25, -0.2) is 4.99 Å². The van der Waals surface area contributed by atoms with Gasteiger partial charge in [-0.05, 0) is 0 Å². The Balaban J connectivity index is 2.29. The van der Waals surface area contributed by atoms with Gasteiger partial charge in [0.25, 0.3) is 0 Å². The molecule has 0 bridgehead atoms. The van der Waals surface area contributed by atoms with E-state index in [0.29, 0.717) is 19.6 Å². The van der Waals surface area contributed by atoms with Crippen molar-refractivity contribution in [2.75, 3.05) is 20.3 Å². The topological polar surface area (TPSA) is 102 Å². The number of methoxy groups -OCH3 is 1. The number of ether oxygens (including phenoxy) is 2. The lowest BCUT2D eigenvalue weighted by Gasteiger charge is -2.18. The van der Waals surface area contributed by atoms with Crippen LogP contribution in [-0.2, 0) is 14.0 Å². The van der Waals surface area contributed by atoms with E-state index in [2.05, 4.69) is 10.1 Å². The van der Waals surface area contributed by atoms with Crippen LogP contribution in [0, 0.1) is 11.3 Å². The van der Waals surface area contributed by atoms with E-state index in [4.69, 9.17) is 25.0 Å². The predicted octanol–water partition coefficient (Wildman–Crippen LogP) is 0.132. The number of nitrogens with one attached hydrogen (secondary N) is 1. The molecule has 0 aromatic rings. The standard InChI is InChI=1S/C10H19N4O3P/c1-15-6-9-8(5-10(17-9)13-7-12)14-18-16-4-2-3-11/h7-10,14,18H,2,4-6H2,1H3,(H2,12,13)/t8-,9+,10+/m0/s1. The molecule has 4 atom stereocenters. The van der Waals surface area contributed by atoms with Gasteiger partial charge in [-0.2, -0.15) is 5.26 Å². The summed E-state index contributed by atoms with van der Waals surface area (Å²) >= 11 is 0. The van der Waals surface area contributed by atoms with Crippen LogP contribution in [0.2, 0.25) is 0 Å². The maximum absolute atomic E-state index is 8.37. The summed E-state index contributed by atoms with van der Waals surface area (Å²) in [7, 11) is 1.77. The Labute approximate surface area is 109 Å². The van der Waals surface area contributed by atoms with Crippen LogP contribution in [0.5, 0.6) is 0 Å².